The zero-order chi connectivity index (χ0) is 17.5. The van der Waals surface area contributed by atoms with Gasteiger partial charge < -0.3 is 14.8 Å². The number of amides is 1. The Morgan fingerprint density at radius 2 is 2.00 bits per heavy atom. The van der Waals surface area contributed by atoms with Crippen LogP contribution in [-0.2, 0) is 17.6 Å². The second kappa shape index (κ2) is 8.73. The Bertz CT molecular complexity index is 681. The van der Waals surface area contributed by atoms with Gasteiger partial charge in [0.15, 0.2) is 11.5 Å². The maximum absolute atomic E-state index is 12.2. The fraction of sp³-hybridized carbons (Fsp3) is 0.421. The summed E-state index contributed by atoms with van der Waals surface area (Å²) in [4.78, 5) is 14.8. The van der Waals surface area contributed by atoms with E-state index in [4.69, 9.17) is 9.47 Å². The lowest BCUT2D eigenvalue weighted by molar-refractivity contribution is -0.121. The maximum atomic E-state index is 12.2. The van der Waals surface area contributed by atoms with Gasteiger partial charge in [0.2, 0.25) is 5.91 Å². The number of aryl methyl sites for hydroxylation is 2. The quantitative estimate of drug-likeness (QED) is 0.791. The highest BCUT2D eigenvalue weighted by Gasteiger charge is 2.13. The second-order valence-electron chi connectivity index (χ2n) is 5.84. The van der Waals surface area contributed by atoms with Crippen LogP contribution in [0.2, 0.25) is 0 Å². The minimum Gasteiger partial charge on any atom is -0.493 e. The van der Waals surface area contributed by atoms with E-state index in [2.05, 4.69) is 24.4 Å². The van der Waals surface area contributed by atoms with E-state index in [1.807, 2.05) is 25.1 Å². The number of thiophene rings is 1. The lowest BCUT2D eigenvalue weighted by Gasteiger charge is -2.14. The highest BCUT2D eigenvalue weighted by Crippen LogP contribution is 2.31. The van der Waals surface area contributed by atoms with E-state index in [0.717, 1.165) is 12.0 Å². The van der Waals surface area contributed by atoms with Gasteiger partial charge in [-0.2, -0.15) is 0 Å². The number of hydrogen-bond acceptors (Lipinski definition) is 4. The van der Waals surface area contributed by atoms with E-state index in [0.29, 0.717) is 24.3 Å². The fourth-order valence-electron chi connectivity index (χ4n) is 2.69. The normalized spacial score (nSPS) is 11.8. The first-order valence-corrected chi connectivity index (χ1v) is 8.89. The van der Waals surface area contributed by atoms with Gasteiger partial charge >= 0.3 is 0 Å². The molecule has 0 fully saturated rings. The van der Waals surface area contributed by atoms with Crippen molar-refractivity contribution in [2.75, 3.05) is 14.2 Å². The number of hydrogen-bond donors (Lipinski definition) is 1. The molecule has 4 nitrogen and oxygen atoms in total. The predicted molar refractivity (Wildman–Crippen MR) is 98.2 cm³/mol. The zero-order valence-electron chi connectivity index (χ0n) is 14.7. The van der Waals surface area contributed by atoms with Gasteiger partial charge in [-0.15, -0.1) is 11.3 Å². The summed E-state index contributed by atoms with van der Waals surface area (Å²) in [6.45, 7) is 4.14. The van der Waals surface area contributed by atoms with Crippen LogP contribution in [0.3, 0.4) is 0 Å². The molecule has 1 N–H and O–H groups in total. The van der Waals surface area contributed by atoms with Gasteiger partial charge in [0.05, 0.1) is 14.2 Å². The average Bonchev–Trinajstić information content (AvgIpc) is 2.96. The molecule has 24 heavy (non-hydrogen) atoms. The van der Waals surface area contributed by atoms with Crippen molar-refractivity contribution in [1.29, 1.82) is 0 Å². The highest BCUT2D eigenvalue weighted by atomic mass is 32.1. The summed E-state index contributed by atoms with van der Waals surface area (Å²) in [5.74, 6) is 1.45. The number of rotatable bonds is 8. The van der Waals surface area contributed by atoms with Crippen LogP contribution in [0.25, 0.3) is 0 Å². The Morgan fingerprint density at radius 3 is 2.62 bits per heavy atom. The highest BCUT2D eigenvalue weighted by molar-refractivity contribution is 7.11. The van der Waals surface area contributed by atoms with Crippen LogP contribution in [-0.4, -0.2) is 26.2 Å². The third kappa shape index (κ3) is 4.99. The zero-order valence-corrected chi connectivity index (χ0v) is 15.5. The molecule has 5 heteroatoms. The summed E-state index contributed by atoms with van der Waals surface area (Å²) in [6.07, 6.45) is 1.92. The number of carbonyl (C=O) groups is 1. The molecule has 1 aromatic carbocycles. The van der Waals surface area contributed by atoms with Crippen LogP contribution >= 0.6 is 11.3 Å². The Hall–Kier alpha value is -2.01. The van der Waals surface area contributed by atoms with Crippen molar-refractivity contribution in [3.63, 3.8) is 0 Å². The largest absolute Gasteiger partial charge is 0.493 e. The van der Waals surface area contributed by atoms with Crippen molar-refractivity contribution < 1.29 is 14.3 Å². The molecule has 1 amide bonds. The molecule has 130 valence electrons. The van der Waals surface area contributed by atoms with Gasteiger partial charge in [0.25, 0.3) is 0 Å². The van der Waals surface area contributed by atoms with E-state index < -0.39 is 0 Å². The molecule has 2 aromatic rings. The SMILES string of the molecule is COc1cccc(CCC(=O)NC(C)Cc2ccc(C)s2)c1OC. The average molecular weight is 347 g/mol. The molecule has 0 aliphatic rings. The van der Waals surface area contributed by atoms with Crippen molar-refractivity contribution in [3.05, 3.63) is 45.6 Å². The van der Waals surface area contributed by atoms with Crippen LogP contribution in [0.5, 0.6) is 11.5 Å². The van der Waals surface area contributed by atoms with Gasteiger partial charge in [-0.3, -0.25) is 4.79 Å². The van der Waals surface area contributed by atoms with Crippen LogP contribution in [0, 0.1) is 6.92 Å². The lowest BCUT2D eigenvalue weighted by Crippen LogP contribution is -2.34. The molecule has 0 bridgehead atoms. The molecule has 1 heterocycles. The smallest absolute Gasteiger partial charge is 0.220 e. The van der Waals surface area contributed by atoms with E-state index in [9.17, 15) is 4.79 Å². The van der Waals surface area contributed by atoms with Crippen molar-refractivity contribution in [2.45, 2.75) is 39.2 Å². The summed E-state index contributed by atoms with van der Waals surface area (Å²) >= 11 is 1.78. The molecule has 1 aromatic heterocycles. The number of carbonyl (C=O) groups excluding carboxylic acids is 1. The van der Waals surface area contributed by atoms with E-state index in [-0.39, 0.29) is 11.9 Å². The Kier molecular flexibility index (Phi) is 6.67. The maximum Gasteiger partial charge on any atom is 0.220 e. The molecule has 0 radical (unpaired) electrons. The van der Waals surface area contributed by atoms with E-state index >= 15 is 0 Å². The number of methoxy groups -OCH3 is 2. The number of benzene rings is 1. The number of para-hydroxylation sites is 1. The Labute approximate surface area is 147 Å². The first kappa shape index (κ1) is 18.3. The molecule has 0 aliphatic carbocycles. The third-order valence-corrected chi connectivity index (χ3v) is 4.84. The Balaban J connectivity index is 1.87. The van der Waals surface area contributed by atoms with E-state index in [1.54, 1.807) is 25.6 Å². The topological polar surface area (TPSA) is 47.6 Å². The van der Waals surface area contributed by atoms with Crippen LogP contribution in [0.4, 0.5) is 0 Å². The van der Waals surface area contributed by atoms with Crippen LogP contribution in [0.15, 0.2) is 30.3 Å². The molecule has 0 aliphatic heterocycles. The Morgan fingerprint density at radius 1 is 1.21 bits per heavy atom. The molecular formula is C19H25NO3S. The standard InChI is InChI=1S/C19H25NO3S/c1-13(12-16-10-8-14(2)24-16)20-18(21)11-9-15-6-5-7-17(22-3)19(15)23-4/h5-8,10,13H,9,11-12H2,1-4H3,(H,20,21). The van der Waals surface area contributed by atoms with Gasteiger partial charge in [-0.05, 0) is 44.0 Å². The van der Waals surface area contributed by atoms with Crippen LogP contribution in [0.1, 0.15) is 28.7 Å². The predicted octanol–water partition coefficient (Wildman–Crippen LogP) is 3.75. The van der Waals surface area contributed by atoms with Crippen molar-refractivity contribution >= 4 is 17.2 Å². The molecule has 1 unspecified atom stereocenters. The van der Waals surface area contributed by atoms with Gasteiger partial charge in [0, 0.05) is 28.6 Å². The number of ether oxygens (including phenoxy) is 2. The number of nitrogens with one attached hydrogen (secondary N) is 1. The first-order valence-electron chi connectivity index (χ1n) is 8.08. The van der Waals surface area contributed by atoms with Crippen molar-refractivity contribution in [1.82, 2.24) is 5.32 Å². The fourth-order valence-corrected chi connectivity index (χ4v) is 3.71. The lowest BCUT2D eigenvalue weighted by atomic mass is 10.1. The van der Waals surface area contributed by atoms with E-state index in [1.165, 1.54) is 9.75 Å². The van der Waals surface area contributed by atoms with Gasteiger partial charge in [-0.1, -0.05) is 12.1 Å². The minimum atomic E-state index is 0.0562. The second-order valence-corrected chi connectivity index (χ2v) is 7.21. The summed E-state index contributed by atoms with van der Waals surface area (Å²) in [5.41, 5.74) is 0.980. The minimum absolute atomic E-state index is 0.0562. The molecule has 0 spiro atoms. The molecule has 2 rings (SSSR count). The monoisotopic (exact) mass is 347 g/mol. The first-order chi connectivity index (χ1) is 11.5. The molecular weight excluding hydrogens is 322 g/mol. The molecule has 0 saturated carbocycles. The van der Waals surface area contributed by atoms with Gasteiger partial charge in [0.1, 0.15) is 0 Å². The summed E-state index contributed by atoms with van der Waals surface area (Å²) in [7, 11) is 3.23. The summed E-state index contributed by atoms with van der Waals surface area (Å²) < 4.78 is 10.7. The van der Waals surface area contributed by atoms with Gasteiger partial charge in [-0.25, -0.2) is 0 Å². The molecule has 1 atom stereocenters. The summed E-state index contributed by atoms with van der Waals surface area (Å²) in [5, 5.41) is 3.07. The van der Waals surface area contributed by atoms with Crippen LogP contribution < -0.4 is 14.8 Å². The van der Waals surface area contributed by atoms with Crippen molar-refractivity contribution in [2.24, 2.45) is 0 Å². The third-order valence-electron chi connectivity index (χ3n) is 3.82. The summed E-state index contributed by atoms with van der Waals surface area (Å²) in [6, 6.07) is 10.1. The van der Waals surface area contributed by atoms with Crippen molar-refractivity contribution in [3.8, 4) is 11.5 Å². The molecule has 0 saturated heterocycles.